The van der Waals surface area contributed by atoms with Gasteiger partial charge in [0.2, 0.25) is 5.91 Å². The summed E-state index contributed by atoms with van der Waals surface area (Å²) in [7, 11) is 0. The molecule has 0 radical (unpaired) electrons. The molecule has 0 aromatic heterocycles. The normalized spacial score (nSPS) is 19.1. The van der Waals surface area contributed by atoms with Gasteiger partial charge in [0.05, 0.1) is 6.54 Å². The van der Waals surface area contributed by atoms with Gasteiger partial charge in [0.25, 0.3) is 0 Å². The zero-order chi connectivity index (χ0) is 18.4. The number of carbonyl (C=O) groups excluding carboxylic acids is 1. The van der Waals surface area contributed by atoms with Gasteiger partial charge in [-0.05, 0) is 37.9 Å². The molecule has 1 aromatic carbocycles. The Hall–Kier alpha value is -1.35. The monoisotopic (exact) mass is 485 g/mol. The van der Waals surface area contributed by atoms with E-state index in [1.807, 2.05) is 18.2 Å². The number of nitrogens with one attached hydrogen (secondary N) is 3. The predicted molar refractivity (Wildman–Crippen MR) is 122 cm³/mol. The van der Waals surface area contributed by atoms with E-state index in [1.54, 1.807) is 0 Å². The molecule has 150 valence electrons. The van der Waals surface area contributed by atoms with Crippen LogP contribution in [0, 0.1) is 0 Å². The van der Waals surface area contributed by atoms with Crippen LogP contribution in [0.5, 0.6) is 0 Å². The van der Waals surface area contributed by atoms with Crippen LogP contribution in [-0.2, 0) is 4.79 Å². The molecule has 1 fully saturated rings. The van der Waals surface area contributed by atoms with Crippen LogP contribution >= 0.6 is 24.0 Å². The Bertz CT molecular complexity index is 647. The second-order valence-electron chi connectivity index (χ2n) is 7.04. The maximum absolute atomic E-state index is 12.0. The Balaban J connectivity index is 0.00000261. The number of amides is 1. The van der Waals surface area contributed by atoms with Crippen LogP contribution in [0.2, 0.25) is 0 Å². The van der Waals surface area contributed by atoms with Gasteiger partial charge in [0, 0.05) is 43.7 Å². The number of guanidine groups is 1. The van der Waals surface area contributed by atoms with Crippen LogP contribution < -0.4 is 16.0 Å². The fourth-order valence-electron chi connectivity index (χ4n) is 3.56. The molecule has 1 heterocycles. The Morgan fingerprint density at radius 2 is 2.04 bits per heavy atom. The number of para-hydroxylation sites is 1. The van der Waals surface area contributed by atoms with Gasteiger partial charge in [-0.2, -0.15) is 0 Å². The summed E-state index contributed by atoms with van der Waals surface area (Å²) in [5.41, 5.74) is 2.10. The summed E-state index contributed by atoms with van der Waals surface area (Å²) in [5.74, 6) is 1.04. The van der Waals surface area contributed by atoms with Crippen molar-refractivity contribution in [3.63, 3.8) is 0 Å². The van der Waals surface area contributed by atoms with Crippen LogP contribution in [0.4, 0.5) is 5.69 Å². The quantitative estimate of drug-likeness (QED) is 0.301. The maximum atomic E-state index is 12.0. The van der Waals surface area contributed by atoms with Crippen molar-refractivity contribution in [1.29, 1.82) is 0 Å². The molecule has 0 saturated heterocycles. The molecule has 1 aromatic rings. The standard InChI is InChI=1S/C20H31N5O.HI/c1-3-21-20(22-11-12-25(4-2)16-9-10-16)23-14-15-13-19(26)24-18-8-6-5-7-17(15)18;/h5-8,15-16H,3-4,9-14H2,1-2H3,(H,24,26)(H2,21,22,23);1H. The van der Waals surface area contributed by atoms with Crippen molar-refractivity contribution in [3.8, 4) is 0 Å². The molecule has 3 N–H and O–H groups in total. The number of nitrogens with zero attached hydrogens (tertiary/aromatic N) is 2. The topological polar surface area (TPSA) is 68.8 Å². The highest BCUT2D eigenvalue weighted by atomic mass is 127. The molecule has 1 aliphatic heterocycles. The summed E-state index contributed by atoms with van der Waals surface area (Å²) in [6.07, 6.45) is 3.17. The second-order valence-corrected chi connectivity index (χ2v) is 7.04. The summed E-state index contributed by atoms with van der Waals surface area (Å²) in [4.78, 5) is 19.2. The highest BCUT2D eigenvalue weighted by molar-refractivity contribution is 14.0. The minimum absolute atomic E-state index is 0. The number of hydrogen-bond donors (Lipinski definition) is 3. The molecule has 7 heteroatoms. The average molecular weight is 485 g/mol. The van der Waals surface area contributed by atoms with Crippen molar-refractivity contribution in [2.75, 3.05) is 38.0 Å². The molecule has 1 aliphatic carbocycles. The van der Waals surface area contributed by atoms with Crippen molar-refractivity contribution < 1.29 is 4.79 Å². The Morgan fingerprint density at radius 1 is 1.26 bits per heavy atom. The van der Waals surface area contributed by atoms with Crippen molar-refractivity contribution in [2.24, 2.45) is 4.99 Å². The summed E-state index contributed by atoms with van der Waals surface area (Å²) in [6, 6.07) is 8.82. The van der Waals surface area contributed by atoms with Gasteiger partial charge < -0.3 is 16.0 Å². The number of halogens is 1. The first-order valence-electron chi connectivity index (χ1n) is 9.86. The lowest BCUT2D eigenvalue weighted by molar-refractivity contribution is -0.116. The third-order valence-corrected chi connectivity index (χ3v) is 5.08. The fourth-order valence-corrected chi connectivity index (χ4v) is 3.56. The van der Waals surface area contributed by atoms with E-state index in [9.17, 15) is 4.79 Å². The minimum atomic E-state index is 0. The summed E-state index contributed by atoms with van der Waals surface area (Å²) < 4.78 is 0. The number of aliphatic imine (C=N–C) groups is 1. The van der Waals surface area contributed by atoms with E-state index in [-0.39, 0.29) is 35.8 Å². The summed E-state index contributed by atoms with van der Waals surface area (Å²) >= 11 is 0. The summed E-state index contributed by atoms with van der Waals surface area (Å²) in [5, 5.41) is 9.70. The van der Waals surface area contributed by atoms with E-state index in [0.717, 1.165) is 43.9 Å². The zero-order valence-electron chi connectivity index (χ0n) is 16.3. The molecule has 2 aliphatic rings. The molecule has 0 spiro atoms. The van der Waals surface area contributed by atoms with Gasteiger partial charge in [-0.25, -0.2) is 0 Å². The van der Waals surface area contributed by atoms with Crippen LogP contribution in [0.3, 0.4) is 0 Å². The fraction of sp³-hybridized carbons (Fsp3) is 0.600. The lowest BCUT2D eigenvalue weighted by Crippen LogP contribution is -2.42. The second kappa shape index (κ2) is 10.8. The zero-order valence-corrected chi connectivity index (χ0v) is 18.7. The maximum Gasteiger partial charge on any atom is 0.225 e. The molecule has 1 atom stereocenters. The van der Waals surface area contributed by atoms with Crippen LogP contribution in [0.15, 0.2) is 29.3 Å². The molecule has 27 heavy (non-hydrogen) atoms. The highest BCUT2D eigenvalue weighted by Gasteiger charge is 2.27. The third kappa shape index (κ3) is 6.34. The van der Waals surface area contributed by atoms with Gasteiger partial charge in [-0.15, -0.1) is 24.0 Å². The number of rotatable bonds is 8. The van der Waals surface area contributed by atoms with Gasteiger partial charge >= 0.3 is 0 Å². The van der Waals surface area contributed by atoms with E-state index >= 15 is 0 Å². The molecular formula is C20H32IN5O. The SMILES string of the molecule is CCNC(=NCC1CC(=O)Nc2ccccc21)NCCN(CC)C1CC1.I. The Labute approximate surface area is 179 Å². The van der Waals surface area contributed by atoms with Gasteiger partial charge in [0.15, 0.2) is 5.96 Å². The van der Waals surface area contributed by atoms with Crippen LogP contribution in [-0.4, -0.2) is 55.5 Å². The Kier molecular flexibility index (Phi) is 8.82. The number of anilines is 1. The molecule has 1 saturated carbocycles. The van der Waals surface area contributed by atoms with E-state index in [2.05, 4.69) is 40.8 Å². The molecule has 0 bridgehead atoms. The van der Waals surface area contributed by atoms with Gasteiger partial charge in [-0.1, -0.05) is 25.1 Å². The molecule has 3 rings (SSSR count). The molecule has 1 unspecified atom stereocenters. The highest BCUT2D eigenvalue weighted by Crippen LogP contribution is 2.32. The van der Waals surface area contributed by atoms with Crippen molar-refractivity contribution in [2.45, 2.75) is 45.1 Å². The number of likely N-dealkylation sites (N-methyl/N-ethyl adjacent to an activating group) is 1. The van der Waals surface area contributed by atoms with Crippen LogP contribution in [0.25, 0.3) is 0 Å². The first-order valence-corrected chi connectivity index (χ1v) is 9.86. The lowest BCUT2D eigenvalue weighted by Gasteiger charge is -2.25. The number of fused-ring (bicyclic) bond motifs is 1. The third-order valence-electron chi connectivity index (χ3n) is 5.08. The molecule has 1 amide bonds. The van der Waals surface area contributed by atoms with Crippen LogP contribution in [0.1, 0.15) is 44.6 Å². The van der Waals surface area contributed by atoms with E-state index in [4.69, 9.17) is 4.99 Å². The van der Waals surface area contributed by atoms with E-state index < -0.39 is 0 Å². The van der Waals surface area contributed by atoms with E-state index in [1.165, 1.54) is 18.4 Å². The predicted octanol–water partition coefficient (Wildman–Crippen LogP) is 2.77. The van der Waals surface area contributed by atoms with Gasteiger partial charge in [-0.3, -0.25) is 14.7 Å². The number of carbonyl (C=O) groups is 1. The Morgan fingerprint density at radius 3 is 2.74 bits per heavy atom. The average Bonchev–Trinajstić information content (AvgIpc) is 3.48. The number of hydrogen-bond acceptors (Lipinski definition) is 3. The summed E-state index contributed by atoms with van der Waals surface area (Å²) in [6.45, 7) is 8.77. The number of benzene rings is 1. The molecule has 6 nitrogen and oxygen atoms in total. The lowest BCUT2D eigenvalue weighted by atomic mass is 9.91. The van der Waals surface area contributed by atoms with Crippen molar-refractivity contribution >= 4 is 41.5 Å². The smallest absolute Gasteiger partial charge is 0.225 e. The first kappa shape index (κ1) is 21.9. The van der Waals surface area contributed by atoms with E-state index in [0.29, 0.717) is 13.0 Å². The first-order chi connectivity index (χ1) is 12.7. The van der Waals surface area contributed by atoms with Crippen molar-refractivity contribution in [1.82, 2.24) is 15.5 Å². The largest absolute Gasteiger partial charge is 0.357 e. The van der Waals surface area contributed by atoms with Crippen molar-refractivity contribution in [3.05, 3.63) is 29.8 Å². The van der Waals surface area contributed by atoms with Gasteiger partial charge in [0.1, 0.15) is 0 Å². The molecular weight excluding hydrogens is 453 g/mol. The minimum Gasteiger partial charge on any atom is -0.357 e.